The number of hydrogen-bond donors (Lipinski definition) is 2. The zero-order valence-electron chi connectivity index (χ0n) is 38.0. The summed E-state index contributed by atoms with van der Waals surface area (Å²) in [5.74, 6) is 14.6. The highest BCUT2D eigenvalue weighted by atomic mass is 32.2. The van der Waals surface area contributed by atoms with Gasteiger partial charge in [0.25, 0.3) is 0 Å². The molecule has 0 fully saturated rings. The molecule has 346 valence electrons. The number of sulfone groups is 2. The second kappa shape index (κ2) is 21.1. The van der Waals surface area contributed by atoms with Crippen LogP contribution in [0.1, 0.15) is 64.5 Å². The minimum absolute atomic E-state index is 0.0117. The highest BCUT2D eigenvalue weighted by Gasteiger charge is 2.25. The van der Waals surface area contributed by atoms with E-state index >= 15 is 0 Å². The molecule has 0 heterocycles. The first-order valence-electron chi connectivity index (χ1n) is 22.1. The zero-order chi connectivity index (χ0) is 48.4. The molecule has 0 bridgehead atoms. The van der Waals surface area contributed by atoms with Crippen LogP contribution in [0.15, 0.2) is 189 Å². The van der Waals surface area contributed by atoms with E-state index in [0.717, 1.165) is 0 Å². The first-order chi connectivity index (χ1) is 32.7. The van der Waals surface area contributed by atoms with Crippen molar-refractivity contribution in [1.29, 1.82) is 0 Å². The van der Waals surface area contributed by atoms with Crippen LogP contribution in [-0.2, 0) is 19.7 Å². The fourth-order valence-corrected chi connectivity index (χ4v) is 9.47. The Balaban J connectivity index is 0.985. The molecule has 0 aromatic heterocycles. The Morgan fingerprint density at radius 1 is 0.397 bits per heavy atom. The van der Waals surface area contributed by atoms with Crippen LogP contribution in [0, 0.1) is 23.7 Å². The molecule has 0 unspecified atom stereocenters. The Morgan fingerprint density at radius 3 is 1.07 bits per heavy atom. The minimum atomic E-state index is -4.02. The molecular weight excluding hydrogens is 897 g/mol. The molecular formula is C56H50O10S2. The van der Waals surface area contributed by atoms with E-state index in [4.69, 9.17) is 18.9 Å². The molecule has 0 radical (unpaired) electrons. The van der Waals surface area contributed by atoms with E-state index in [0.29, 0.717) is 71.3 Å². The fourth-order valence-electron chi connectivity index (χ4n) is 6.71. The third-order valence-corrected chi connectivity index (χ3v) is 14.8. The number of para-hydroxylation sites is 2. The van der Waals surface area contributed by atoms with E-state index in [1.807, 2.05) is 27.7 Å². The van der Waals surface area contributed by atoms with Crippen LogP contribution in [0.25, 0.3) is 0 Å². The van der Waals surface area contributed by atoms with Gasteiger partial charge in [0.1, 0.15) is 67.0 Å². The lowest BCUT2D eigenvalue weighted by Crippen LogP contribution is -2.23. The van der Waals surface area contributed by atoms with Crippen LogP contribution in [0.3, 0.4) is 0 Å². The van der Waals surface area contributed by atoms with E-state index in [-0.39, 0.29) is 31.1 Å². The summed E-state index contributed by atoms with van der Waals surface area (Å²) in [6.45, 7) is 7.53. The zero-order valence-corrected chi connectivity index (χ0v) is 39.6. The second-order valence-corrected chi connectivity index (χ2v) is 19.6. The van der Waals surface area contributed by atoms with E-state index in [2.05, 4.69) is 23.7 Å². The third-order valence-electron chi connectivity index (χ3n) is 11.2. The Labute approximate surface area is 398 Å². The van der Waals surface area contributed by atoms with Gasteiger partial charge < -0.3 is 29.2 Å². The molecule has 0 aliphatic rings. The monoisotopic (exact) mass is 946 g/mol. The molecule has 0 atom stereocenters. The van der Waals surface area contributed by atoms with Gasteiger partial charge in [-0.1, -0.05) is 81.7 Å². The quantitative estimate of drug-likeness (QED) is 0.0898. The first-order valence-corrected chi connectivity index (χ1v) is 25.0. The largest absolute Gasteiger partial charge is 0.457 e. The average molecular weight is 947 g/mol. The summed E-state index contributed by atoms with van der Waals surface area (Å²) in [7, 11) is -8.03. The summed E-state index contributed by atoms with van der Waals surface area (Å²) in [6, 6.07) is 45.5. The lowest BCUT2D eigenvalue weighted by atomic mass is 9.98. The van der Waals surface area contributed by atoms with Gasteiger partial charge in [0.15, 0.2) is 0 Å². The Bertz CT molecular complexity index is 2990. The number of aliphatic hydroxyl groups is 2. The van der Waals surface area contributed by atoms with Crippen LogP contribution in [0.5, 0.6) is 46.0 Å². The Hall–Kier alpha value is -7.32. The fraction of sp³-hybridized carbons (Fsp3) is 0.179. The van der Waals surface area contributed by atoms with Gasteiger partial charge in [0.05, 0.1) is 9.79 Å². The molecule has 10 nitrogen and oxygen atoms in total. The maximum atomic E-state index is 13.9. The number of ether oxygens (including phenoxy) is 4. The van der Waals surface area contributed by atoms with Gasteiger partial charge in [-0.05, 0) is 159 Å². The van der Waals surface area contributed by atoms with Gasteiger partial charge in [-0.25, -0.2) is 16.8 Å². The maximum Gasteiger partial charge on any atom is 0.210 e. The van der Waals surface area contributed by atoms with Crippen molar-refractivity contribution in [2.75, 3.05) is 0 Å². The highest BCUT2D eigenvalue weighted by Crippen LogP contribution is 2.36. The maximum absolute atomic E-state index is 13.9. The molecule has 0 aliphatic carbocycles. The van der Waals surface area contributed by atoms with Crippen molar-refractivity contribution in [1.82, 2.24) is 0 Å². The van der Waals surface area contributed by atoms with Crippen LogP contribution >= 0.6 is 0 Å². The van der Waals surface area contributed by atoms with Crippen molar-refractivity contribution in [3.63, 3.8) is 0 Å². The van der Waals surface area contributed by atoms with Gasteiger partial charge in [-0.3, -0.25) is 0 Å². The number of hydrogen-bond acceptors (Lipinski definition) is 10. The van der Waals surface area contributed by atoms with Crippen LogP contribution < -0.4 is 18.9 Å². The SMILES string of the molecule is CCC(O)(C#Cc1ccc(Oc2ccccc2S(=O)(=O)c2ccc(Oc3cccc(Oc4ccc(S(=O)(=O)c5ccccc5Oc5ccc(C#CC(O)(CC)CC)cc5)cc4)c3)cc2)cc1)CC. The Morgan fingerprint density at radius 2 is 0.721 bits per heavy atom. The molecule has 0 amide bonds. The standard InChI is InChI=1S/C56H50O10S2/c1-5-55(57,6-2)38-36-41-20-24-45(25-21-41)65-51-16-9-11-18-53(51)67(59,60)49-32-28-43(29-33-49)63-47-14-13-15-48(40-47)64-44-30-34-50(35-31-44)68(61,62)54-19-12-10-17-52(54)66-46-26-22-42(23-27-46)37-39-56(58,7-3)8-4/h9-35,40,57-58H,5-8H2,1-4H3. The lowest BCUT2D eigenvalue weighted by Gasteiger charge is -2.17. The molecule has 7 aromatic carbocycles. The predicted molar refractivity (Wildman–Crippen MR) is 261 cm³/mol. The summed E-state index contributed by atoms with van der Waals surface area (Å²) in [5.41, 5.74) is -0.731. The summed E-state index contributed by atoms with van der Waals surface area (Å²) in [5, 5.41) is 21.0. The Kier molecular flexibility index (Phi) is 15.1. The number of rotatable bonds is 16. The minimum Gasteiger partial charge on any atom is -0.457 e. The first kappa shape index (κ1) is 48.6. The molecule has 0 aliphatic heterocycles. The van der Waals surface area contributed by atoms with Gasteiger partial charge in [-0.2, -0.15) is 0 Å². The van der Waals surface area contributed by atoms with Crippen molar-refractivity contribution in [3.8, 4) is 69.7 Å². The molecule has 0 saturated carbocycles. The molecule has 12 heteroatoms. The van der Waals surface area contributed by atoms with Crippen LogP contribution in [-0.4, -0.2) is 38.3 Å². The second-order valence-electron chi connectivity index (χ2n) is 15.8. The van der Waals surface area contributed by atoms with E-state index in [1.165, 1.54) is 36.4 Å². The molecule has 0 saturated heterocycles. The van der Waals surface area contributed by atoms with Gasteiger partial charge in [0, 0.05) is 17.2 Å². The van der Waals surface area contributed by atoms with Gasteiger partial charge >= 0.3 is 0 Å². The lowest BCUT2D eigenvalue weighted by molar-refractivity contribution is 0.0927. The molecule has 7 aromatic rings. The van der Waals surface area contributed by atoms with Crippen molar-refractivity contribution in [2.45, 2.75) is 84.2 Å². The molecule has 7 rings (SSSR count). The summed E-state index contributed by atoms with van der Waals surface area (Å²) < 4.78 is 79.8. The van der Waals surface area contributed by atoms with Crippen molar-refractivity contribution >= 4 is 19.7 Å². The topological polar surface area (TPSA) is 146 Å². The van der Waals surface area contributed by atoms with E-state index < -0.39 is 30.9 Å². The predicted octanol–water partition coefficient (Wildman–Crippen LogP) is 12.3. The smallest absolute Gasteiger partial charge is 0.210 e. The molecule has 68 heavy (non-hydrogen) atoms. The van der Waals surface area contributed by atoms with E-state index in [1.54, 1.807) is 133 Å². The van der Waals surface area contributed by atoms with E-state index in [9.17, 15) is 27.0 Å². The summed E-state index contributed by atoms with van der Waals surface area (Å²) >= 11 is 0. The van der Waals surface area contributed by atoms with Crippen LogP contribution in [0.4, 0.5) is 0 Å². The molecule has 2 N–H and O–H groups in total. The van der Waals surface area contributed by atoms with Gasteiger partial charge in [0.2, 0.25) is 19.7 Å². The normalized spacial score (nSPS) is 11.6. The number of benzene rings is 7. The van der Waals surface area contributed by atoms with Crippen molar-refractivity contribution in [3.05, 3.63) is 181 Å². The van der Waals surface area contributed by atoms with Gasteiger partial charge in [-0.15, -0.1) is 0 Å². The third kappa shape index (κ3) is 11.8. The van der Waals surface area contributed by atoms with Crippen molar-refractivity contribution in [2.24, 2.45) is 0 Å². The van der Waals surface area contributed by atoms with Crippen LogP contribution in [0.2, 0.25) is 0 Å². The summed E-state index contributed by atoms with van der Waals surface area (Å²) in [4.78, 5) is 0.0519. The van der Waals surface area contributed by atoms with Crippen molar-refractivity contribution < 1.29 is 46.0 Å². The highest BCUT2D eigenvalue weighted by molar-refractivity contribution is 7.92. The summed E-state index contributed by atoms with van der Waals surface area (Å²) in [6.07, 6.45) is 2.05. The average Bonchev–Trinajstić information content (AvgIpc) is 3.36. The molecule has 0 spiro atoms.